The number of likely N-dealkylation sites (tertiary alicyclic amines) is 1. The molecule has 2 aromatic rings. The molecule has 6 heteroatoms. The molecule has 0 saturated carbocycles. The highest BCUT2D eigenvalue weighted by Crippen LogP contribution is 2.18. The molecule has 0 unspecified atom stereocenters. The van der Waals surface area contributed by atoms with Crippen LogP contribution >= 0.6 is 0 Å². The summed E-state index contributed by atoms with van der Waals surface area (Å²) >= 11 is 0. The summed E-state index contributed by atoms with van der Waals surface area (Å²) in [6.45, 7) is 2.49. The standard InChI is InChI=1S/C20H25N3O3/c21-11-4-14-26-16-9-12-23(13-10-16)20(25)17-7-8-18(22-19(17)24)15-5-2-1-3-6-15/h1-3,5-8,16H,4,9-14,21H2,(H,22,24). The van der Waals surface area contributed by atoms with Crippen LogP contribution in [0.25, 0.3) is 11.3 Å². The predicted octanol–water partition coefficient (Wildman–Crippen LogP) is 2.01. The van der Waals surface area contributed by atoms with Crippen molar-refractivity contribution in [1.82, 2.24) is 9.88 Å². The van der Waals surface area contributed by atoms with E-state index < -0.39 is 0 Å². The monoisotopic (exact) mass is 355 g/mol. The highest BCUT2D eigenvalue weighted by molar-refractivity contribution is 5.94. The molecule has 1 fully saturated rings. The Labute approximate surface area is 153 Å². The van der Waals surface area contributed by atoms with E-state index in [0.717, 1.165) is 24.8 Å². The zero-order chi connectivity index (χ0) is 18.4. The van der Waals surface area contributed by atoms with Crippen LogP contribution in [0.2, 0.25) is 0 Å². The maximum absolute atomic E-state index is 12.7. The first-order chi connectivity index (χ1) is 12.7. The maximum atomic E-state index is 12.7. The second-order valence-electron chi connectivity index (χ2n) is 6.49. The lowest BCUT2D eigenvalue weighted by Crippen LogP contribution is -2.42. The number of aromatic amines is 1. The summed E-state index contributed by atoms with van der Waals surface area (Å²) in [5.74, 6) is -0.216. The van der Waals surface area contributed by atoms with Crippen molar-refractivity contribution >= 4 is 5.91 Å². The fourth-order valence-electron chi connectivity index (χ4n) is 3.16. The topological polar surface area (TPSA) is 88.4 Å². The van der Waals surface area contributed by atoms with Crippen LogP contribution in [0.3, 0.4) is 0 Å². The van der Waals surface area contributed by atoms with Gasteiger partial charge >= 0.3 is 0 Å². The molecule has 3 rings (SSSR count). The highest BCUT2D eigenvalue weighted by atomic mass is 16.5. The Morgan fingerprint density at radius 3 is 2.54 bits per heavy atom. The number of carbonyl (C=O) groups is 1. The van der Waals surface area contributed by atoms with Crippen LogP contribution in [0.15, 0.2) is 47.3 Å². The molecule has 0 atom stereocenters. The molecule has 1 aliphatic rings. The van der Waals surface area contributed by atoms with Gasteiger partial charge in [-0.25, -0.2) is 0 Å². The van der Waals surface area contributed by atoms with Gasteiger partial charge in [0.1, 0.15) is 5.56 Å². The van der Waals surface area contributed by atoms with Gasteiger partial charge < -0.3 is 20.4 Å². The summed E-state index contributed by atoms with van der Waals surface area (Å²) in [5, 5.41) is 0. The van der Waals surface area contributed by atoms with E-state index in [-0.39, 0.29) is 23.1 Å². The van der Waals surface area contributed by atoms with Crippen LogP contribution in [0, 0.1) is 0 Å². The fraction of sp³-hybridized carbons (Fsp3) is 0.400. The van der Waals surface area contributed by atoms with Gasteiger partial charge in [-0.3, -0.25) is 9.59 Å². The summed E-state index contributed by atoms with van der Waals surface area (Å²) in [6.07, 6.45) is 2.60. The lowest BCUT2D eigenvalue weighted by molar-refractivity contribution is 0.00840. The molecule has 2 heterocycles. The number of benzene rings is 1. The first-order valence-corrected chi connectivity index (χ1v) is 9.08. The van der Waals surface area contributed by atoms with Gasteiger partial charge in [-0.1, -0.05) is 30.3 Å². The first kappa shape index (κ1) is 18.4. The maximum Gasteiger partial charge on any atom is 0.261 e. The normalized spacial score (nSPS) is 15.2. The van der Waals surface area contributed by atoms with Crippen molar-refractivity contribution < 1.29 is 9.53 Å². The molecule has 1 aromatic heterocycles. The van der Waals surface area contributed by atoms with Crippen LogP contribution in [-0.2, 0) is 4.74 Å². The minimum atomic E-state index is -0.349. The lowest BCUT2D eigenvalue weighted by Gasteiger charge is -2.31. The number of rotatable bonds is 6. The van der Waals surface area contributed by atoms with Crippen molar-refractivity contribution in [3.05, 3.63) is 58.4 Å². The Bertz CT molecular complexity index is 780. The Balaban J connectivity index is 1.63. The van der Waals surface area contributed by atoms with Gasteiger partial charge in [-0.15, -0.1) is 0 Å². The quantitative estimate of drug-likeness (QED) is 0.776. The Hall–Kier alpha value is -2.44. The third-order valence-electron chi connectivity index (χ3n) is 4.66. The number of hydrogen-bond acceptors (Lipinski definition) is 4. The molecule has 138 valence electrons. The molecule has 1 aliphatic heterocycles. The van der Waals surface area contributed by atoms with Crippen LogP contribution in [0.5, 0.6) is 0 Å². The largest absolute Gasteiger partial charge is 0.378 e. The zero-order valence-corrected chi connectivity index (χ0v) is 14.8. The molecule has 0 radical (unpaired) electrons. The SMILES string of the molecule is NCCCOC1CCN(C(=O)c2ccc(-c3ccccc3)[nH]c2=O)CC1. The van der Waals surface area contributed by atoms with Crippen molar-refractivity contribution in [3.8, 4) is 11.3 Å². The van der Waals surface area contributed by atoms with Gasteiger partial charge in [0.15, 0.2) is 0 Å². The number of ether oxygens (including phenoxy) is 1. The molecule has 1 amide bonds. The van der Waals surface area contributed by atoms with E-state index >= 15 is 0 Å². The number of carbonyl (C=O) groups excluding carboxylic acids is 1. The molecule has 1 saturated heterocycles. The number of H-pyrrole nitrogens is 1. The molecule has 0 bridgehead atoms. The first-order valence-electron chi connectivity index (χ1n) is 9.08. The highest BCUT2D eigenvalue weighted by Gasteiger charge is 2.25. The van der Waals surface area contributed by atoms with Crippen LogP contribution in [-0.4, -0.2) is 48.1 Å². The Morgan fingerprint density at radius 1 is 1.15 bits per heavy atom. The smallest absolute Gasteiger partial charge is 0.261 e. The summed E-state index contributed by atoms with van der Waals surface area (Å²) in [5.41, 5.74) is 6.93. The number of piperidine rings is 1. The van der Waals surface area contributed by atoms with Gasteiger partial charge in [0, 0.05) is 25.4 Å². The van der Waals surface area contributed by atoms with Crippen LogP contribution in [0.4, 0.5) is 0 Å². The van der Waals surface area contributed by atoms with Gasteiger partial charge in [0.25, 0.3) is 11.5 Å². The van der Waals surface area contributed by atoms with Crippen molar-refractivity contribution in [2.24, 2.45) is 5.73 Å². The third kappa shape index (κ3) is 4.39. The zero-order valence-electron chi connectivity index (χ0n) is 14.8. The minimum absolute atomic E-state index is 0.171. The molecule has 26 heavy (non-hydrogen) atoms. The van der Waals surface area contributed by atoms with E-state index in [1.165, 1.54) is 0 Å². The number of amides is 1. The van der Waals surface area contributed by atoms with Crippen molar-refractivity contribution in [3.63, 3.8) is 0 Å². The number of nitrogens with zero attached hydrogens (tertiary/aromatic N) is 1. The lowest BCUT2D eigenvalue weighted by atomic mass is 10.1. The van der Waals surface area contributed by atoms with Gasteiger partial charge in [0.2, 0.25) is 0 Å². The average Bonchev–Trinajstić information content (AvgIpc) is 2.69. The van der Waals surface area contributed by atoms with Gasteiger partial charge in [0.05, 0.1) is 6.10 Å². The van der Waals surface area contributed by atoms with E-state index in [0.29, 0.717) is 31.9 Å². The molecule has 0 spiro atoms. The van der Waals surface area contributed by atoms with Crippen molar-refractivity contribution in [1.29, 1.82) is 0 Å². The van der Waals surface area contributed by atoms with Crippen LogP contribution in [0.1, 0.15) is 29.6 Å². The van der Waals surface area contributed by atoms with E-state index in [4.69, 9.17) is 10.5 Å². The van der Waals surface area contributed by atoms with Gasteiger partial charge in [-0.2, -0.15) is 0 Å². The number of hydrogen-bond donors (Lipinski definition) is 2. The molecule has 1 aromatic carbocycles. The van der Waals surface area contributed by atoms with E-state index in [2.05, 4.69) is 4.98 Å². The summed E-state index contributed by atoms with van der Waals surface area (Å²) in [7, 11) is 0. The number of pyridine rings is 1. The molecule has 6 nitrogen and oxygen atoms in total. The van der Waals surface area contributed by atoms with E-state index in [9.17, 15) is 9.59 Å². The average molecular weight is 355 g/mol. The number of nitrogens with one attached hydrogen (secondary N) is 1. The van der Waals surface area contributed by atoms with E-state index in [1.54, 1.807) is 17.0 Å². The number of nitrogens with two attached hydrogens (primary N) is 1. The third-order valence-corrected chi connectivity index (χ3v) is 4.66. The summed E-state index contributed by atoms with van der Waals surface area (Å²) in [6, 6.07) is 13.0. The minimum Gasteiger partial charge on any atom is -0.378 e. The second-order valence-corrected chi connectivity index (χ2v) is 6.49. The van der Waals surface area contributed by atoms with Crippen LogP contribution < -0.4 is 11.3 Å². The van der Waals surface area contributed by atoms with Gasteiger partial charge in [-0.05, 0) is 43.5 Å². The Kier molecular flexibility index (Phi) is 6.20. The van der Waals surface area contributed by atoms with Crippen molar-refractivity contribution in [2.75, 3.05) is 26.2 Å². The molecular weight excluding hydrogens is 330 g/mol. The second kappa shape index (κ2) is 8.78. The summed E-state index contributed by atoms with van der Waals surface area (Å²) in [4.78, 5) is 29.6. The molecule has 0 aliphatic carbocycles. The number of aromatic nitrogens is 1. The Morgan fingerprint density at radius 2 is 1.88 bits per heavy atom. The predicted molar refractivity (Wildman–Crippen MR) is 101 cm³/mol. The fourth-order valence-corrected chi connectivity index (χ4v) is 3.16. The van der Waals surface area contributed by atoms with E-state index in [1.807, 2.05) is 30.3 Å². The molecule has 3 N–H and O–H groups in total. The molecular formula is C20H25N3O3. The van der Waals surface area contributed by atoms with Crippen molar-refractivity contribution in [2.45, 2.75) is 25.4 Å². The summed E-state index contributed by atoms with van der Waals surface area (Å²) < 4.78 is 5.76.